The van der Waals surface area contributed by atoms with Gasteiger partial charge < -0.3 is 5.11 Å². The molecule has 0 heterocycles. The predicted octanol–water partition coefficient (Wildman–Crippen LogP) is 3.26. The lowest BCUT2D eigenvalue weighted by Crippen LogP contribution is -2.31. The third kappa shape index (κ3) is 2.33. The summed E-state index contributed by atoms with van der Waals surface area (Å²) in [5, 5.41) is 9.41. The van der Waals surface area contributed by atoms with Gasteiger partial charge in [0.05, 0.1) is 5.41 Å². The summed E-state index contributed by atoms with van der Waals surface area (Å²) in [6, 6.07) is 6.46. The Morgan fingerprint density at radius 1 is 1.53 bits per heavy atom. The van der Waals surface area contributed by atoms with Gasteiger partial charge in [0, 0.05) is 0 Å². The minimum absolute atomic E-state index is 0.298. The Morgan fingerprint density at radius 2 is 2.24 bits per heavy atom. The van der Waals surface area contributed by atoms with Crippen molar-refractivity contribution in [2.24, 2.45) is 11.3 Å². The number of rotatable bonds is 3. The topological polar surface area (TPSA) is 37.3 Å². The summed E-state index contributed by atoms with van der Waals surface area (Å²) in [6.07, 6.45) is 2.52. The lowest BCUT2D eigenvalue weighted by Gasteiger charge is -2.24. The van der Waals surface area contributed by atoms with Gasteiger partial charge in [0.2, 0.25) is 0 Å². The molecule has 2 rings (SSSR count). The molecule has 1 aromatic carbocycles. The second-order valence-corrected chi connectivity index (χ2v) is 5.20. The van der Waals surface area contributed by atoms with Crippen LogP contribution in [-0.4, -0.2) is 11.1 Å². The van der Waals surface area contributed by atoms with Gasteiger partial charge in [0.1, 0.15) is 5.82 Å². The minimum atomic E-state index is -0.787. The first-order valence-electron chi connectivity index (χ1n) is 6.00. The van der Waals surface area contributed by atoms with Crippen LogP contribution >= 0.6 is 0 Å². The molecule has 17 heavy (non-hydrogen) atoms. The van der Waals surface area contributed by atoms with Crippen LogP contribution < -0.4 is 0 Å². The summed E-state index contributed by atoms with van der Waals surface area (Å²) >= 11 is 0. The maximum atomic E-state index is 13.6. The van der Waals surface area contributed by atoms with Crippen LogP contribution in [0.3, 0.4) is 0 Å². The normalized spacial score (nSPS) is 28.2. The predicted molar refractivity (Wildman–Crippen MR) is 63.2 cm³/mol. The van der Waals surface area contributed by atoms with Crippen LogP contribution in [-0.2, 0) is 11.2 Å². The van der Waals surface area contributed by atoms with Crippen molar-refractivity contribution in [3.05, 3.63) is 35.6 Å². The molecule has 92 valence electrons. The first-order chi connectivity index (χ1) is 8.03. The molecule has 0 saturated heterocycles. The van der Waals surface area contributed by atoms with Crippen LogP contribution in [0.25, 0.3) is 0 Å². The summed E-state index contributed by atoms with van der Waals surface area (Å²) in [6.45, 7) is 2.06. The van der Waals surface area contributed by atoms with Crippen molar-refractivity contribution in [3.8, 4) is 0 Å². The van der Waals surface area contributed by atoms with Gasteiger partial charge in [-0.15, -0.1) is 0 Å². The Hall–Kier alpha value is -1.38. The van der Waals surface area contributed by atoms with E-state index >= 15 is 0 Å². The lowest BCUT2D eigenvalue weighted by molar-refractivity contribution is -0.148. The molecule has 1 N–H and O–H groups in total. The molecule has 3 heteroatoms. The van der Waals surface area contributed by atoms with Crippen LogP contribution in [0.5, 0.6) is 0 Å². The highest BCUT2D eigenvalue weighted by Crippen LogP contribution is 2.44. The summed E-state index contributed by atoms with van der Waals surface area (Å²) < 4.78 is 13.6. The molecule has 1 aromatic rings. The van der Waals surface area contributed by atoms with E-state index in [4.69, 9.17) is 0 Å². The van der Waals surface area contributed by atoms with Crippen molar-refractivity contribution in [2.75, 3.05) is 0 Å². The van der Waals surface area contributed by atoms with Crippen LogP contribution in [0.4, 0.5) is 4.39 Å². The van der Waals surface area contributed by atoms with Gasteiger partial charge in [-0.2, -0.15) is 0 Å². The molecule has 0 bridgehead atoms. The molecule has 0 amide bonds. The van der Waals surface area contributed by atoms with E-state index in [1.807, 2.05) is 0 Å². The van der Waals surface area contributed by atoms with E-state index in [9.17, 15) is 14.3 Å². The van der Waals surface area contributed by atoms with E-state index in [1.165, 1.54) is 6.07 Å². The quantitative estimate of drug-likeness (QED) is 0.874. The molecule has 0 aliphatic heterocycles. The van der Waals surface area contributed by atoms with Gasteiger partial charge in [0.15, 0.2) is 0 Å². The molecule has 1 aliphatic rings. The summed E-state index contributed by atoms with van der Waals surface area (Å²) in [4.78, 5) is 11.5. The summed E-state index contributed by atoms with van der Waals surface area (Å²) in [5.41, 5.74) is -0.245. The smallest absolute Gasteiger partial charge is 0.309 e. The van der Waals surface area contributed by atoms with E-state index < -0.39 is 11.4 Å². The zero-order valence-electron chi connectivity index (χ0n) is 9.95. The van der Waals surface area contributed by atoms with E-state index in [-0.39, 0.29) is 5.82 Å². The first kappa shape index (κ1) is 12.1. The van der Waals surface area contributed by atoms with Crippen LogP contribution in [0, 0.1) is 17.2 Å². The number of aliphatic carboxylic acids is 1. The highest BCUT2D eigenvalue weighted by atomic mass is 19.1. The largest absolute Gasteiger partial charge is 0.481 e. The van der Waals surface area contributed by atoms with Crippen molar-refractivity contribution in [3.63, 3.8) is 0 Å². The van der Waals surface area contributed by atoms with Crippen LogP contribution in [0.1, 0.15) is 31.7 Å². The van der Waals surface area contributed by atoms with Crippen LogP contribution in [0.15, 0.2) is 24.3 Å². The second-order valence-electron chi connectivity index (χ2n) is 5.20. The van der Waals surface area contributed by atoms with E-state index in [0.717, 1.165) is 6.42 Å². The molecule has 0 spiro atoms. The molecule has 2 atom stereocenters. The minimum Gasteiger partial charge on any atom is -0.481 e. The average molecular weight is 236 g/mol. The van der Waals surface area contributed by atoms with Crippen molar-refractivity contribution in [1.29, 1.82) is 0 Å². The zero-order chi connectivity index (χ0) is 12.5. The van der Waals surface area contributed by atoms with Gasteiger partial charge in [0.25, 0.3) is 0 Å². The average Bonchev–Trinajstić information content (AvgIpc) is 2.65. The third-order valence-electron chi connectivity index (χ3n) is 3.80. The fraction of sp³-hybridized carbons (Fsp3) is 0.500. The van der Waals surface area contributed by atoms with E-state index in [2.05, 4.69) is 6.92 Å². The Kier molecular flexibility index (Phi) is 3.18. The van der Waals surface area contributed by atoms with Gasteiger partial charge >= 0.3 is 5.97 Å². The van der Waals surface area contributed by atoms with Gasteiger partial charge in [-0.3, -0.25) is 4.79 Å². The Labute approximate surface area is 100 Å². The van der Waals surface area contributed by atoms with Crippen molar-refractivity contribution >= 4 is 5.97 Å². The van der Waals surface area contributed by atoms with Crippen molar-refractivity contribution in [2.45, 2.75) is 32.6 Å². The van der Waals surface area contributed by atoms with Crippen LogP contribution in [0.2, 0.25) is 0 Å². The molecule has 1 fully saturated rings. The lowest BCUT2D eigenvalue weighted by atomic mass is 9.79. The monoisotopic (exact) mass is 236 g/mol. The summed E-state index contributed by atoms with van der Waals surface area (Å²) in [7, 11) is 0. The number of hydrogen-bond acceptors (Lipinski definition) is 1. The van der Waals surface area contributed by atoms with Crippen molar-refractivity contribution in [1.82, 2.24) is 0 Å². The third-order valence-corrected chi connectivity index (χ3v) is 3.80. The van der Waals surface area contributed by atoms with Gasteiger partial charge in [-0.25, -0.2) is 4.39 Å². The molecule has 0 aromatic heterocycles. The fourth-order valence-corrected chi connectivity index (χ4v) is 2.83. The number of carboxylic acids is 1. The number of carboxylic acid groups (broad SMARTS) is 1. The first-order valence-corrected chi connectivity index (χ1v) is 6.00. The fourth-order valence-electron chi connectivity index (χ4n) is 2.83. The number of halogens is 1. The highest BCUT2D eigenvalue weighted by molar-refractivity contribution is 5.75. The Morgan fingerprint density at radius 3 is 2.76 bits per heavy atom. The number of benzene rings is 1. The van der Waals surface area contributed by atoms with Gasteiger partial charge in [-0.05, 0) is 43.2 Å². The molecular formula is C14H17FO2. The highest BCUT2D eigenvalue weighted by Gasteiger charge is 2.44. The second kappa shape index (κ2) is 4.47. The molecule has 1 aliphatic carbocycles. The molecule has 0 radical (unpaired) electrons. The summed E-state index contributed by atoms with van der Waals surface area (Å²) in [5.74, 6) is -0.671. The Bertz CT molecular complexity index is 430. The standard InChI is InChI=1S/C14H17FO2/c1-10-6-7-14(8-10,13(16)17)9-11-4-2-3-5-12(11)15/h2-5,10H,6-9H2,1H3,(H,16,17). The van der Waals surface area contributed by atoms with Crippen molar-refractivity contribution < 1.29 is 14.3 Å². The van der Waals surface area contributed by atoms with Gasteiger partial charge in [-0.1, -0.05) is 25.1 Å². The maximum absolute atomic E-state index is 13.6. The molecule has 1 saturated carbocycles. The molecule has 2 unspecified atom stereocenters. The number of carbonyl (C=O) groups is 1. The number of hydrogen-bond donors (Lipinski definition) is 1. The maximum Gasteiger partial charge on any atom is 0.309 e. The Balaban J connectivity index is 2.26. The zero-order valence-corrected chi connectivity index (χ0v) is 9.95. The molecular weight excluding hydrogens is 219 g/mol. The van der Waals surface area contributed by atoms with E-state index in [1.54, 1.807) is 18.2 Å². The SMILES string of the molecule is CC1CCC(Cc2ccccc2F)(C(=O)O)C1. The van der Waals surface area contributed by atoms with E-state index in [0.29, 0.717) is 30.7 Å². The molecule has 2 nitrogen and oxygen atoms in total.